The quantitative estimate of drug-likeness (QED) is 0.465. The van der Waals surface area contributed by atoms with Crippen molar-refractivity contribution >= 4 is 0 Å². The normalized spacial score (nSPS) is 25.6. The van der Waals surface area contributed by atoms with Gasteiger partial charge in [0, 0.05) is 0 Å². The van der Waals surface area contributed by atoms with Crippen LogP contribution in [0.3, 0.4) is 0 Å². The van der Waals surface area contributed by atoms with Crippen molar-refractivity contribution in [1.82, 2.24) is 0 Å². The molecule has 0 aromatic rings. The first-order chi connectivity index (χ1) is 4.29. The van der Waals surface area contributed by atoms with Gasteiger partial charge in [0.05, 0.1) is 0 Å². The van der Waals surface area contributed by atoms with E-state index in [9.17, 15) is 4.39 Å². The molecule has 1 unspecified atom stereocenters. The first-order valence-corrected chi connectivity index (χ1v) is 3.01. The van der Waals surface area contributed by atoms with E-state index in [1.54, 1.807) is 6.08 Å². The van der Waals surface area contributed by atoms with E-state index in [2.05, 4.69) is 0 Å². The third-order valence-corrected chi connectivity index (χ3v) is 1.23. The van der Waals surface area contributed by atoms with Gasteiger partial charge in [0.2, 0.25) is 0 Å². The molecule has 1 atom stereocenters. The molecule has 48 valence electrons. The Labute approximate surface area is 54.4 Å². The van der Waals surface area contributed by atoms with E-state index in [4.69, 9.17) is 0 Å². The molecule has 0 bridgehead atoms. The van der Waals surface area contributed by atoms with E-state index in [0.29, 0.717) is 5.92 Å². The third kappa shape index (κ3) is 1.84. The zero-order chi connectivity index (χ0) is 6.69. The lowest BCUT2D eigenvalue weighted by Gasteiger charge is -1.90. The summed E-state index contributed by atoms with van der Waals surface area (Å²) < 4.78 is 12.3. The molecule has 1 heteroatoms. The molecule has 9 heavy (non-hydrogen) atoms. The van der Waals surface area contributed by atoms with Crippen LogP contribution in [0.5, 0.6) is 0 Å². The van der Waals surface area contributed by atoms with Crippen molar-refractivity contribution in [3.8, 4) is 0 Å². The average Bonchev–Trinajstić information content (AvgIpc) is 1.97. The molecule has 1 aliphatic rings. The lowest BCUT2D eigenvalue weighted by molar-refractivity contribution is 0.666. The Morgan fingerprint density at radius 3 is 3.00 bits per heavy atom. The Morgan fingerprint density at radius 2 is 2.22 bits per heavy atom. The van der Waals surface area contributed by atoms with Gasteiger partial charge in [-0.2, -0.15) is 0 Å². The standard InChI is InChI=1S/C8H9F/c1-7-3-2-4-8(9)6-5-7/h2-7H,1H3. The predicted molar refractivity (Wildman–Crippen MR) is 36.6 cm³/mol. The van der Waals surface area contributed by atoms with Crippen LogP contribution in [-0.4, -0.2) is 0 Å². The smallest absolute Gasteiger partial charge is 0.122 e. The molecule has 0 heterocycles. The highest BCUT2D eigenvalue weighted by Gasteiger charge is 1.93. The minimum atomic E-state index is -0.171. The van der Waals surface area contributed by atoms with Gasteiger partial charge in [0.15, 0.2) is 0 Å². The molecular weight excluding hydrogens is 115 g/mol. The lowest BCUT2D eigenvalue weighted by Crippen LogP contribution is -1.77. The van der Waals surface area contributed by atoms with Crippen LogP contribution < -0.4 is 0 Å². The van der Waals surface area contributed by atoms with E-state index in [1.807, 2.05) is 19.1 Å². The predicted octanol–water partition coefficient (Wildman–Crippen LogP) is 2.60. The topological polar surface area (TPSA) is 0 Å². The van der Waals surface area contributed by atoms with Gasteiger partial charge < -0.3 is 0 Å². The maximum absolute atomic E-state index is 12.3. The third-order valence-electron chi connectivity index (χ3n) is 1.23. The molecule has 0 nitrogen and oxygen atoms in total. The fourth-order valence-electron chi connectivity index (χ4n) is 0.686. The van der Waals surface area contributed by atoms with Gasteiger partial charge in [-0.1, -0.05) is 25.2 Å². The van der Waals surface area contributed by atoms with Crippen LogP contribution in [0.4, 0.5) is 4.39 Å². The van der Waals surface area contributed by atoms with Crippen molar-refractivity contribution < 1.29 is 4.39 Å². The van der Waals surface area contributed by atoms with Crippen LogP contribution in [0.1, 0.15) is 6.92 Å². The van der Waals surface area contributed by atoms with Crippen molar-refractivity contribution in [2.45, 2.75) is 6.92 Å². The molecular formula is C8H9F. The molecule has 0 aliphatic heterocycles. The molecule has 0 saturated carbocycles. The number of hydrogen-bond donors (Lipinski definition) is 0. The van der Waals surface area contributed by atoms with Gasteiger partial charge in [-0.15, -0.1) is 0 Å². The zero-order valence-electron chi connectivity index (χ0n) is 5.34. The van der Waals surface area contributed by atoms with Crippen molar-refractivity contribution in [2.24, 2.45) is 5.92 Å². The second-order valence-electron chi connectivity index (χ2n) is 2.15. The van der Waals surface area contributed by atoms with E-state index in [-0.39, 0.29) is 5.83 Å². The Hall–Kier alpha value is -0.850. The molecule has 0 N–H and O–H groups in total. The molecule has 0 radical (unpaired) electrons. The molecule has 1 aliphatic carbocycles. The molecule has 0 saturated heterocycles. The van der Waals surface area contributed by atoms with Crippen LogP contribution >= 0.6 is 0 Å². The maximum Gasteiger partial charge on any atom is 0.122 e. The fraction of sp³-hybridized carbons (Fsp3) is 0.250. The van der Waals surface area contributed by atoms with Gasteiger partial charge in [-0.05, 0) is 18.1 Å². The van der Waals surface area contributed by atoms with Gasteiger partial charge >= 0.3 is 0 Å². The Morgan fingerprint density at radius 1 is 1.44 bits per heavy atom. The number of rotatable bonds is 0. The van der Waals surface area contributed by atoms with E-state index in [1.165, 1.54) is 12.2 Å². The first-order valence-electron chi connectivity index (χ1n) is 3.01. The molecule has 0 fully saturated rings. The van der Waals surface area contributed by atoms with Crippen molar-refractivity contribution in [2.75, 3.05) is 0 Å². The highest BCUT2D eigenvalue weighted by atomic mass is 19.1. The summed E-state index contributed by atoms with van der Waals surface area (Å²) in [6.07, 6.45) is 8.46. The monoisotopic (exact) mass is 124 g/mol. The summed E-state index contributed by atoms with van der Waals surface area (Å²) in [5.74, 6) is 0.185. The summed E-state index contributed by atoms with van der Waals surface area (Å²) in [7, 11) is 0. The van der Waals surface area contributed by atoms with Crippen molar-refractivity contribution in [3.63, 3.8) is 0 Å². The van der Waals surface area contributed by atoms with Gasteiger partial charge in [-0.25, -0.2) is 4.39 Å². The van der Waals surface area contributed by atoms with Crippen molar-refractivity contribution in [3.05, 3.63) is 36.2 Å². The van der Waals surface area contributed by atoms with Crippen LogP contribution in [0.25, 0.3) is 0 Å². The summed E-state index contributed by atoms with van der Waals surface area (Å²) in [4.78, 5) is 0. The number of hydrogen-bond acceptors (Lipinski definition) is 0. The maximum atomic E-state index is 12.3. The molecule has 0 aromatic carbocycles. The van der Waals surface area contributed by atoms with Gasteiger partial charge in [0.1, 0.15) is 5.83 Å². The average molecular weight is 124 g/mol. The number of halogens is 1. The highest BCUT2D eigenvalue weighted by molar-refractivity contribution is 5.23. The highest BCUT2D eigenvalue weighted by Crippen LogP contribution is 2.09. The molecule has 0 amide bonds. The van der Waals surface area contributed by atoms with Crippen LogP contribution in [0.15, 0.2) is 36.2 Å². The Kier molecular flexibility index (Phi) is 1.83. The minimum absolute atomic E-state index is 0.171. The Balaban J connectivity index is 2.75. The summed E-state index contributed by atoms with van der Waals surface area (Å²) in [6, 6.07) is 0. The van der Waals surface area contributed by atoms with E-state index >= 15 is 0 Å². The van der Waals surface area contributed by atoms with Crippen molar-refractivity contribution in [1.29, 1.82) is 0 Å². The summed E-state index contributed by atoms with van der Waals surface area (Å²) in [5, 5.41) is 0. The second-order valence-corrected chi connectivity index (χ2v) is 2.15. The minimum Gasteiger partial charge on any atom is -0.207 e. The second kappa shape index (κ2) is 2.62. The van der Waals surface area contributed by atoms with E-state index < -0.39 is 0 Å². The molecule has 1 rings (SSSR count). The SMILES string of the molecule is CC1C=CC=C(F)C=C1. The van der Waals surface area contributed by atoms with E-state index in [0.717, 1.165) is 0 Å². The summed E-state index contributed by atoms with van der Waals surface area (Å²) in [6.45, 7) is 2.01. The van der Waals surface area contributed by atoms with Gasteiger partial charge in [-0.3, -0.25) is 0 Å². The van der Waals surface area contributed by atoms with Crippen LogP contribution in [0.2, 0.25) is 0 Å². The molecule has 0 spiro atoms. The summed E-state index contributed by atoms with van der Waals surface area (Å²) >= 11 is 0. The van der Waals surface area contributed by atoms with Crippen LogP contribution in [-0.2, 0) is 0 Å². The fourth-order valence-corrected chi connectivity index (χ4v) is 0.686. The lowest BCUT2D eigenvalue weighted by atomic mass is 10.2. The first kappa shape index (κ1) is 6.27. The largest absolute Gasteiger partial charge is 0.207 e. The summed E-state index contributed by atoms with van der Waals surface area (Å²) in [5.41, 5.74) is 0. The zero-order valence-corrected chi connectivity index (χ0v) is 5.34. The van der Waals surface area contributed by atoms with Crippen LogP contribution in [0, 0.1) is 5.92 Å². The Bertz CT molecular complexity index is 175. The number of allylic oxidation sites excluding steroid dienone is 6. The van der Waals surface area contributed by atoms with Gasteiger partial charge in [0.25, 0.3) is 0 Å². The molecule has 0 aromatic heterocycles.